The van der Waals surface area contributed by atoms with Crippen LogP contribution in [0.3, 0.4) is 0 Å². The number of nitrogens with one attached hydrogen (secondary N) is 1. The van der Waals surface area contributed by atoms with Crippen molar-refractivity contribution in [1.29, 1.82) is 0 Å². The molecule has 3 fully saturated rings. The Balaban J connectivity index is 1.54. The van der Waals surface area contributed by atoms with E-state index in [1.54, 1.807) is 0 Å². The number of benzene rings is 1. The standard InChI is InChI=1S/C22H28N4O4S3/c1-4-10-24-11-25(12-32-21(24)31)15(13-8-6-5-7-9-13)17(27)23-14-18(28)26-16(20(29)30)22(2,3)33-19(14)26/h5-9,14-16,19H,4,10-12H2,1-3H3,(H,23,27)(H,29,30). The van der Waals surface area contributed by atoms with Crippen molar-refractivity contribution in [3.8, 4) is 0 Å². The fourth-order valence-electron chi connectivity index (χ4n) is 4.68. The highest BCUT2D eigenvalue weighted by Crippen LogP contribution is 2.50. The van der Waals surface area contributed by atoms with Crippen LogP contribution >= 0.6 is 35.7 Å². The van der Waals surface area contributed by atoms with E-state index in [-0.39, 0.29) is 17.2 Å². The zero-order valence-corrected chi connectivity index (χ0v) is 21.2. The van der Waals surface area contributed by atoms with Crippen molar-refractivity contribution in [2.24, 2.45) is 0 Å². The average molecular weight is 509 g/mol. The topological polar surface area (TPSA) is 93.2 Å². The van der Waals surface area contributed by atoms with Crippen molar-refractivity contribution in [2.45, 2.75) is 55.4 Å². The van der Waals surface area contributed by atoms with Crippen LogP contribution in [-0.2, 0) is 14.4 Å². The van der Waals surface area contributed by atoms with Crippen molar-refractivity contribution in [2.75, 3.05) is 19.1 Å². The number of carboxylic acids is 1. The minimum Gasteiger partial charge on any atom is -0.480 e. The van der Waals surface area contributed by atoms with Crippen molar-refractivity contribution in [3.63, 3.8) is 0 Å². The lowest BCUT2D eigenvalue weighted by Crippen LogP contribution is -2.71. The molecule has 2 amide bonds. The van der Waals surface area contributed by atoms with Gasteiger partial charge in [-0.05, 0) is 25.8 Å². The van der Waals surface area contributed by atoms with E-state index in [0.717, 1.165) is 22.8 Å². The second-order valence-corrected chi connectivity index (χ2v) is 12.3. The molecule has 0 saturated carbocycles. The lowest BCUT2D eigenvalue weighted by molar-refractivity contribution is -0.161. The summed E-state index contributed by atoms with van der Waals surface area (Å²) in [5.74, 6) is -1.05. The van der Waals surface area contributed by atoms with E-state index >= 15 is 0 Å². The quantitative estimate of drug-likeness (QED) is 0.425. The molecule has 4 rings (SSSR count). The maximum absolute atomic E-state index is 13.6. The fraction of sp³-hybridized carbons (Fsp3) is 0.545. The average Bonchev–Trinajstić information content (AvgIpc) is 3.03. The molecule has 0 aromatic heterocycles. The van der Waals surface area contributed by atoms with E-state index in [1.165, 1.54) is 28.4 Å². The minimum absolute atomic E-state index is 0.263. The molecular weight excluding hydrogens is 480 g/mol. The Morgan fingerprint density at radius 2 is 2.00 bits per heavy atom. The number of β-lactam (4-membered cyclic amide) rings is 1. The highest BCUT2D eigenvalue weighted by Gasteiger charge is 2.64. The SMILES string of the molecule is CCCN1CN(C(C(=O)NC2C(=O)N3C2SC(C)(C)C3C(=O)O)c2ccccc2)CSC1=S. The number of thioether (sulfide) groups is 2. The van der Waals surface area contributed by atoms with Gasteiger partial charge in [0.15, 0.2) is 0 Å². The van der Waals surface area contributed by atoms with Crippen molar-refractivity contribution >= 4 is 57.8 Å². The van der Waals surface area contributed by atoms with E-state index in [2.05, 4.69) is 22.0 Å². The van der Waals surface area contributed by atoms with Crippen LogP contribution in [0, 0.1) is 0 Å². The number of rotatable bonds is 7. The molecule has 3 heterocycles. The van der Waals surface area contributed by atoms with Gasteiger partial charge in [0.05, 0.1) is 12.5 Å². The van der Waals surface area contributed by atoms with Crippen molar-refractivity contribution in [3.05, 3.63) is 35.9 Å². The molecule has 178 valence electrons. The molecule has 0 spiro atoms. The first kappa shape index (κ1) is 24.3. The van der Waals surface area contributed by atoms with E-state index in [4.69, 9.17) is 12.2 Å². The Hall–Kier alpha value is -1.82. The van der Waals surface area contributed by atoms with E-state index in [0.29, 0.717) is 12.5 Å². The first-order valence-corrected chi connectivity index (χ1v) is 13.2. The molecule has 3 aliphatic heterocycles. The fourth-order valence-corrected chi connectivity index (χ4v) is 7.45. The second kappa shape index (κ2) is 9.44. The molecule has 2 N–H and O–H groups in total. The highest BCUT2D eigenvalue weighted by molar-refractivity contribution is 8.22. The maximum atomic E-state index is 13.6. The number of aliphatic carboxylic acids is 1. The molecule has 3 saturated heterocycles. The van der Waals surface area contributed by atoms with Gasteiger partial charge in [0.25, 0.3) is 0 Å². The van der Waals surface area contributed by atoms with Gasteiger partial charge in [0.1, 0.15) is 27.8 Å². The van der Waals surface area contributed by atoms with Crippen LogP contribution in [0.2, 0.25) is 0 Å². The summed E-state index contributed by atoms with van der Waals surface area (Å²) in [6, 6.07) is 7.29. The first-order chi connectivity index (χ1) is 15.7. The predicted molar refractivity (Wildman–Crippen MR) is 134 cm³/mol. The van der Waals surface area contributed by atoms with Gasteiger partial charge in [-0.15, -0.1) is 11.8 Å². The Morgan fingerprint density at radius 3 is 2.64 bits per heavy atom. The van der Waals surface area contributed by atoms with Crippen LogP contribution < -0.4 is 5.32 Å². The molecule has 3 aliphatic rings. The molecule has 4 unspecified atom stereocenters. The molecule has 1 aromatic rings. The lowest BCUT2D eigenvalue weighted by atomic mass is 9.95. The molecule has 1 aromatic carbocycles. The number of carbonyl (C=O) groups is 3. The van der Waals surface area contributed by atoms with Crippen LogP contribution in [0.5, 0.6) is 0 Å². The van der Waals surface area contributed by atoms with Crippen LogP contribution in [-0.4, -0.2) is 83.2 Å². The lowest BCUT2D eigenvalue weighted by Gasteiger charge is -2.45. The number of amides is 2. The number of fused-ring (bicyclic) bond motifs is 1. The largest absolute Gasteiger partial charge is 0.480 e. The third kappa shape index (κ3) is 4.48. The number of carboxylic acid groups (broad SMARTS) is 1. The maximum Gasteiger partial charge on any atom is 0.327 e. The van der Waals surface area contributed by atoms with Gasteiger partial charge >= 0.3 is 5.97 Å². The van der Waals surface area contributed by atoms with Gasteiger partial charge in [0.2, 0.25) is 11.8 Å². The molecule has 0 radical (unpaired) electrons. The Kier molecular flexibility index (Phi) is 6.95. The summed E-state index contributed by atoms with van der Waals surface area (Å²) in [5, 5.41) is 12.2. The predicted octanol–water partition coefficient (Wildman–Crippen LogP) is 2.32. The Bertz CT molecular complexity index is 960. The molecule has 33 heavy (non-hydrogen) atoms. The summed E-state index contributed by atoms with van der Waals surface area (Å²) in [5.41, 5.74) is 0.839. The van der Waals surface area contributed by atoms with Crippen molar-refractivity contribution in [1.82, 2.24) is 20.0 Å². The number of carbonyl (C=O) groups excluding carboxylic acids is 2. The molecule has 0 bridgehead atoms. The first-order valence-electron chi connectivity index (χ1n) is 10.9. The molecule has 0 aliphatic carbocycles. The summed E-state index contributed by atoms with van der Waals surface area (Å²) in [6.07, 6.45) is 0.947. The number of hydrogen-bond acceptors (Lipinski definition) is 7. The van der Waals surface area contributed by atoms with Crippen LogP contribution in [0.1, 0.15) is 38.8 Å². The van der Waals surface area contributed by atoms with Crippen molar-refractivity contribution < 1.29 is 19.5 Å². The van der Waals surface area contributed by atoms with Gasteiger partial charge in [-0.3, -0.25) is 14.5 Å². The third-order valence-corrected chi connectivity index (χ3v) is 9.31. The minimum atomic E-state index is -1.02. The summed E-state index contributed by atoms with van der Waals surface area (Å²) in [4.78, 5) is 43.8. The summed E-state index contributed by atoms with van der Waals surface area (Å²) < 4.78 is 0.194. The van der Waals surface area contributed by atoms with Gasteiger partial charge in [0, 0.05) is 11.3 Å². The van der Waals surface area contributed by atoms with E-state index in [1.807, 2.05) is 44.2 Å². The molecule has 4 atom stereocenters. The molecule has 11 heteroatoms. The molecular formula is C22H28N4O4S3. The van der Waals surface area contributed by atoms with E-state index < -0.39 is 28.8 Å². The normalized spacial score (nSPS) is 27.7. The monoisotopic (exact) mass is 508 g/mol. The van der Waals surface area contributed by atoms with Gasteiger partial charge < -0.3 is 20.2 Å². The molecule has 8 nitrogen and oxygen atoms in total. The van der Waals surface area contributed by atoms with Crippen LogP contribution in [0.15, 0.2) is 30.3 Å². The smallest absolute Gasteiger partial charge is 0.327 e. The summed E-state index contributed by atoms with van der Waals surface area (Å²) in [7, 11) is 0. The highest BCUT2D eigenvalue weighted by atomic mass is 32.2. The number of hydrogen-bond donors (Lipinski definition) is 2. The summed E-state index contributed by atoms with van der Waals surface area (Å²) in [6.45, 7) is 7.08. The van der Waals surface area contributed by atoms with Crippen LogP contribution in [0.25, 0.3) is 0 Å². The van der Waals surface area contributed by atoms with Gasteiger partial charge in [-0.2, -0.15) is 0 Å². The summed E-state index contributed by atoms with van der Waals surface area (Å²) >= 11 is 8.45. The third-order valence-electron chi connectivity index (χ3n) is 6.16. The van der Waals surface area contributed by atoms with E-state index in [9.17, 15) is 19.5 Å². The second-order valence-electron chi connectivity index (χ2n) is 8.93. The van der Waals surface area contributed by atoms with Crippen LogP contribution in [0.4, 0.5) is 0 Å². The Labute approximate surface area is 207 Å². The zero-order chi connectivity index (χ0) is 23.9. The van der Waals surface area contributed by atoms with Gasteiger partial charge in [-0.25, -0.2) is 4.79 Å². The number of thiocarbonyl (C=S) groups is 1. The number of nitrogens with zero attached hydrogens (tertiary/aromatic N) is 3. The zero-order valence-electron chi connectivity index (χ0n) is 18.8. The van der Waals surface area contributed by atoms with Gasteiger partial charge in [-0.1, -0.05) is 61.2 Å². The Morgan fingerprint density at radius 1 is 1.30 bits per heavy atom.